The van der Waals surface area contributed by atoms with Gasteiger partial charge in [-0.25, -0.2) is 0 Å². The molecule has 0 aliphatic carbocycles. The van der Waals surface area contributed by atoms with Gasteiger partial charge in [0.2, 0.25) is 0 Å². The van der Waals surface area contributed by atoms with Crippen molar-refractivity contribution in [1.82, 2.24) is 10.2 Å². The molecule has 1 N–H and O–H groups in total. The lowest BCUT2D eigenvalue weighted by Gasteiger charge is -2.61. The van der Waals surface area contributed by atoms with E-state index in [1.165, 1.54) is 48.2 Å². The average Bonchev–Trinajstić information content (AvgIpc) is 2.90. The fraction of sp³-hybridized carbons (Fsp3) is 0.438. The van der Waals surface area contributed by atoms with Crippen LogP contribution in [0.5, 0.6) is 5.75 Å². The van der Waals surface area contributed by atoms with Crippen molar-refractivity contribution >= 4 is 0 Å². The first-order chi connectivity index (χ1) is 17.0. The van der Waals surface area contributed by atoms with Crippen molar-refractivity contribution in [2.75, 3.05) is 20.2 Å². The second-order valence-electron chi connectivity index (χ2n) is 10.9. The molecule has 0 spiro atoms. The normalized spacial score (nSPS) is 25.8. The van der Waals surface area contributed by atoms with Crippen molar-refractivity contribution < 1.29 is 4.74 Å². The molecular formula is C32H40N2O. The molecule has 2 bridgehead atoms. The van der Waals surface area contributed by atoms with Crippen LogP contribution < -0.4 is 10.1 Å². The Hall–Kier alpha value is -2.62. The van der Waals surface area contributed by atoms with Crippen LogP contribution in [0.1, 0.15) is 67.7 Å². The van der Waals surface area contributed by atoms with Crippen molar-refractivity contribution in [2.45, 2.75) is 63.6 Å². The fourth-order valence-corrected chi connectivity index (χ4v) is 6.80. The van der Waals surface area contributed by atoms with Crippen LogP contribution in [-0.2, 0) is 6.54 Å². The van der Waals surface area contributed by atoms with Gasteiger partial charge in [0, 0.05) is 29.6 Å². The quantitative estimate of drug-likeness (QED) is 0.403. The van der Waals surface area contributed by atoms with E-state index in [9.17, 15) is 0 Å². The number of benzene rings is 3. The van der Waals surface area contributed by atoms with E-state index in [1.807, 2.05) is 0 Å². The standard InChI is InChI=1S/C32H40N2O/c1-23(2)27-15-16-29(35-4)28(21-27)22-33-31-26-17-19-34(20-18-26)32(31,3)30(24-11-7-5-8-12-24)25-13-9-6-10-14-25/h5-16,21,23,26,30-31,33H,17-20,22H2,1-4H3/t31-,32-/m0/s1. The predicted octanol–water partition coefficient (Wildman–Crippen LogP) is 6.59. The molecule has 3 heterocycles. The molecule has 0 unspecified atom stereocenters. The van der Waals surface area contributed by atoms with Crippen molar-refractivity contribution in [1.29, 1.82) is 0 Å². The minimum Gasteiger partial charge on any atom is -0.496 e. The lowest BCUT2D eigenvalue weighted by Crippen LogP contribution is -2.71. The van der Waals surface area contributed by atoms with Crippen LogP contribution >= 0.6 is 0 Å². The molecule has 35 heavy (non-hydrogen) atoms. The summed E-state index contributed by atoms with van der Waals surface area (Å²) in [5, 5.41) is 4.10. The minimum absolute atomic E-state index is 0.0211. The van der Waals surface area contributed by atoms with Gasteiger partial charge in [0.25, 0.3) is 0 Å². The molecular weight excluding hydrogens is 428 g/mol. The van der Waals surface area contributed by atoms with Crippen molar-refractivity contribution in [2.24, 2.45) is 5.92 Å². The molecule has 2 atom stereocenters. The summed E-state index contributed by atoms with van der Waals surface area (Å²) in [7, 11) is 1.78. The molecule has 3 aromatic rings. The average molecular weight is 469 g/mol. The molecule has 0 saturated carbocycles. The Labute approximate surface area is 211 Å². The molecule has 3 heteroatoms. The van der Waals surface area contributed by atoms with E-state index in [2.05, 4.69) is 110 Å². The maximum absolute atomic E-state index is 5.77. The van der Waals surface area contributed by atoms with E-state index in [4.69, 9.17) is 4.74 Å². The van der Waals surface area contributed by atoms with Gasteiger partial charge in [-0.05, 0) is 67.4 Å². The second-order valence-corrected chi connectivity index (χ2v) is 10.9. The zero-order valence-corrected chi connectivity index (χ0v) is 21.7. The summed E-state index contributed by atoms with van der Waals surface area (Å²) in [4.78, 5) is 2.77. The lowest BCUT2D eigenvalue weighted by molar-refractivity contribution is -0.0612. The fourth-order valence-electron chi connectivity index (χ4n) is 6.80. The van der Waals surface area contributed by atoms with E-state index in [0.29, 0.717) is 23.8 Å². The van der Waals surface area contributed by atoms with E-state index < -0.39 is 0 Å². The summed E-state index contributed by atoms with van der Waals surface area (Å²) < 4.78 is 5.77. The third-order valence-electron chi connectivity index (χ3n) is 8.66. The number of rotatable bonds is 8. The molecule has 3 fully saturated rings. The molecule has 3 aliphatic rings. The van der Waals surface area contributed by atoms with E-state index in [1.54, 1.807) is 7.11 Å². The van der Waals surface area contributed by atoms with Gasteiger partial charge < -0.3 is 10.1 Å². The Kier molecular flexibility index (Phi) is 7.00. The van der Waals surface area contributed by atoms with Crippen LogP contribution in [0.3, 0.4) is 0 Å². The van der Waals surface area contributed by atoms with Gasteiger partial charge in [-0.3, -0.25) is 4.90 Å². The summed E-state index contributed by atoms with van der Waals surface area (Å²) in [6.07, 6.45) is 2.54. The zero-order valence-electron chi connectivity index (χ0n) is 21.7. The first-order valence-electron chi connectivity index (χ1n) is 13.3. The van der Waals surface area contributed by atoms with Gasteiger partial charge >= 0.3 is 0 Å². The first-order valence-corrected chi connectivity index (χ1v) is 13.3. The number of fused-ring (bicyclic) bond motifs is 3. The Morgan fingerprint density at radius 1 is 0.886 bits per heavy atom. The summed E-state index contributed by atoms with van der Waals surface area (Å²) in [5.74, 6) is 2.46. The summed E-state index contributed by atoms with van der Waals surface area (Å²) in [6.45, 7) is 10.2. The molecule has 3 nitrogen and oxygen atoms in total. The monoisotopic (exact) mass is 468 g/mol. The zero-order chi connectivity index (χ0) is 24.4. The molecule has 3 saturated heterocycles. The predicted molar refractivity (Wildman–Crippen MR) is 145 cm³/mol. The van der Waals surface area contributed by atoms with Gasteiger partial charge in [0.1, 0.15) is 5.75 Å². The van der Waals surface area contributed by atoms with Crippen LogP contribution in [-0.4, -0.2) is 36.7 Å². The number of piperidine rings is 3. The van der Waals surface area contributed by atoms with Crippen molar-refractivity contribution in [3.8, 4) is 5.75 Å². The van der Waals surface area contributed by atoms with Crippen LogP contribution in [0.4, 0.5) is 0 Å². The van der Waals surface area contributed by atoms with Crippen LogP contribution in [0.2, 0.25) is 0 Å². The summed E-state index contributed by atoms with van der Waals surface area (Å²) in [6, 6.07) is 29.4. The number of hydrogen-bond acceptors (Lipinski definition) is 3. The highest BCUT2D eigenvalue weighted by Gasteiger charge is 2.54. The third-order valence-corrected chi connectivity index (χ3v) is 8.66. The molecule has 184 valence electrons. The van der Waals surface area contributed by atoms with Gasteiger partial charge in [0.15, 0.2) is 0 Å². The van der Waals surface area contributed by atoms with Gasteiger partial charge in [-0.15, -0.1) is 0 Å². The molecule has 6 rings (SSSR count). The third kappa shape index (κ3) is 4.52. The van der Waals surface area contributed by atoms with E-state index in [-0.39, 0.29) is 5.54 Å². The first kappa shape index (κ1) is 24.1. The van der Waals surface area contributed by atoms with Crippen LogP contribution in [0, 0.1) is 5.92 Å². The number of ether oxygens (including phenoxy) is 1. The van der Waals surface area contributed by atoms with Crippen molar-refractivity contribution in [3.63, 3.8) is 0 Å². The SMILES string of the molecule is COc1ccc(C(C)C)cc1CN[C@H]1C2CCN(CC2)[C@@]1(C)C(c1ccccc1)c1ccccc1. The Balaban J connectivity index is 1.53. The maximum Gasteiger partial charge on any atom is 0.123 e. The maximum atomic E-state index is 5.77. The Morgan fingerprint density at radius 3 is 2.03 bits per heavy atom. The molecule has 0 radical (unpaired) electrons. The van der Waals surface area contributed by atoms with Crippen LogP contribution in [0.15, 0.2) is 78.9 Å². The Bertz CT molecular complexity index is 1070. The molecule has 0 amide bonds. The van der Waals surface area contributed by atoms with Crippen molar-refractivity contribution in [3.05, 3.63) is 101 Å². The second kappa shape index (κ2) is 10.2. The number of hydrogen-bond donors (Lipinski definition) is 1. The van der Waals surface area contributed by atoms with Gasteiger partial charge in [-0.2, -0.15) is 0 Å². The minimum atomic E-state index is -0.0211. The highest BCUT2D eigenvalue weighted by molar-refractivity contribution is 5.40. The molecule has 3 aliphatic heterocycles. The molecule has 3 aromatic carbocycles. The largest absolute Gasteiger partial charge is 0.496 e. The van der Waals surface area contributed by atoms with Crippen LogP contribution in [0.25, 0.3) is 0 Å². The molecule has 0 aromatic heterocycles. The summed E-state index contributed by atoms with van der Waals surface area (Å²) in [5.41, 5.74) is 5.41. The Morgan fingerprint density at radius 2 is 1.49 bits per heavy atom. The van der Waals surface area contributed by atoms with E-state index >= 15 is 0 Å². The number of nitrogens with zero attached hydrogens (tertiary/aromatic N) is 1. The smallest absolute Gasteiger partial charge is 0.123 e. The number of nitrogens with one attached hydrogen (secondary N) is 1. The summed E-state index contributed by atoms with van der Waals surface area (Å²) >= 11 is 0. The van der Waals surface area contributed by atoms with Gasteiger partial charge in [-0.1, -0.05) is 86.6 Å². The highest BCUT2D eigenvalue weighted by Crippen LogP contribution is 2.49. The van der Waals surface area contributed by atoms with E-state index in [0.717, 1.165) is 12.3 Å². The topological polar surface area (TPSA) is 24.5 Å². The number of methoxy groups -OCH3 is 1. The van der Waals surface area contributed by atoms with Gasteiger partial charge in [0.05, 0.1) is 7.11 Å². The highest BCUT2D eigenvalue weighted by atomic mass is 16.5. The lowest BCUT2D eigenvalue weighted by atomic mass is 9.62.